The van der Waals surface area contributed by atoms with Crippen molar-refractivity contribution < 1.29 is 14.7 Å². The Morgan fingerprint density at radius 1 is 1.32 bits per heavy atom. The van der Waals surface area contributed by atoms with Gasteiger partial charge in [0.15, 0.2) is 0 Å². The summed E-state index contributed by atoms with van der Waals surface area (Å²) in [7, 11) is 0. The number of fused-ring (bicyclic) bond motifs is 1. The number of anilines is 1. The molecule has 0 fully saturated rings. The summed E-state index contributed by atoms with van der Waals surface area (Å²) >= 11 is 0. The molecular weight excluding hydrogens is 246 g/mol. The van der Waals surface area contributed by atoms with Gasteiger partial charge in [-0.2, -0.15) is 0 Å². The van der Waals surface area contributed by atoms with Gasteiger partial charge in [-0.1, -0.05) is 12.1 Å². The molecule has 0 aliphatic heterocycles. The lowest BCUT2D eigenvalue weighted by Gasteiger charge is -2.09. The Balaban J connectivity index is 2.47. The van der Waals surface area contributed by atoms with E-state index in [-0.39, 0.29) is 5.69 Å². The predicted octanol–water partition coefficient (Wildman–Crippen LogP) is 0.940. The van der Waals surface area contributed by atoms with Crippen LogP contribution in [0.15, 0.2) is 24.4 Å². The van der Waals surface area contributed by atoms with Crippen LogP contribution in [0.4, 0.5) is 5.69 Å². The SMILES string of the molecule is Cc1ccc2c(C(=O)NCC(=O)O)nccc2c1N. The standard InChI is InChI=1S/C13H13N3O3/c1-7-2-3-9-8(11(7)14)4-5-15-12(9)13(19)16-6-10(17)18/h2-5H,6,14H2,1H3,(H,16,19)(H,17,18). The van der Waals surface area contributed by atoms with Gasteiger partial charge in [0.1, 0.15) is 12.2 Å². The number of pyridine rings is 1. The first-order chi connectivity index (χ1) is 9.00. The van der Waals surface area contributed by atoms with E-state index in [0.717, 1.165) is 10.9 Å². The Morgan fingerprint density at radius 3 is 2.74 bits per heavy atom. The number of carbonyl (C=O) groups is 2. The number of nitrogens with two attached hydrogens (primary N) is 1. The smallest absolute Gasteiger partial charge is 0.322 e. The fourth-order valence-corrected chi connectivity index (χ4v) is 1.81. The molecule has 4 N–H and O–H groups in total. The zero-order chi connectivity index (χ0) is 14.0. The molecule has 0 bridgehead atoms. The summed E-state index contributed by atoms with van der Waals surface area (Å²) in [4.78, 5) is 26.3. The highest BCUT2D eigenvalue weighted by Gasteiger charge is 2.14. The maximum atomic E-state index is 11.9. The minimum atomic E-state index is -1.11. The highest BCUT2D eigenvalue weighted by atomic mass is 16.4. The van der Waals surface area contributed by atoms with E-state index >= 15 is 0 Å². The molecule has 2 rings (SSSR count). The van der Waals surface area contributed by atoms with Crippen LogP contribution in [0.2, 0.25) is 0 Å². The molecule has 6 nitrogen and oxygen atoms in total. The lowest BCUT2D eigenvalue weighted by molar-refractivity contribution is -0.135. The molecule has 2 aromatic rings. The minimum absolute atomic E-state index is 0.172. The lowest BCUT2D eigenvalue weighted by Crippen LogP contribution is -2.30. The Kier molecular flexibility index (Phi) is 3.33. The molecule has 0 aliphatic carbocycles. The molecule has 6 heteroatoms. The lowest BCUT2D eigenvalue weighted by atomic mass is 10.0. The second kappa shape index (κ2) is 4.93. The van der Waals surface area contributed by atoms with Crippen LogP contribution >= 0.6 is 0 Å². The number of nitrogens with zero attached hydrogens (tertiary/aromatic N) is 1. The summed E-state index contributed by atoms with van der Waals surface area (Å²) in [5.41, 5.74) is 7.63. The number of aromatic nitrogens is 1. The number of hydrogen-bond donors (Lipinski definition) is 3. The number of carboxylic acids is 1. The highest BCUT2D eigenvalue weighted by Crippen LogP contribution is 2.25. The minimum Gasteiger partial charge on any atom is -0.480 e. The molecular formula is C13H13N3O3. The van der Waals surface area contributed by atoms with E-state index in [9.17, 15) is 9.59 Å². The van der Waals surface area contributed by atoms with E-state index in [2.05, 4.69) is 10.3 Å². The van der Waals surface area contributed by atoms with Gasteiger partial charge in [0.2, 0.25) is 0 Å². The maximum Gasteiger partial charge on any atom is 0.322 e. The fraction of sp³-hybridized carbons (Fsp3) is 0.154. The van der Waals surface area contributed by atoms with Crippen molar-refractivity contribution in [2.45, 2.75) is 6.92 Å². The summed E-state index contributed by atoms with van der Waals surface area (Å²) < 4.78 is 0. The third-order valence-corrected chi connectivity index (χ3v) is 2.82. The molecule has 0 saturated carbocycles. The van der Waals surface area contributed by atoms with Crippen LogP contribution in [-0.2, 0) is 4.79 Å². The molecule has 0 aliphatic rings. The molecule has 1 aromatic heterocycles. The predicted molar refractivity (Wildman–Crippen MR) is 70.9 cm³/mol. The van der Waals surface area contributed by atoms with Crippen LogP contribution in [0.25, 0.3) is 10.8 Å². The van der Waals surface area contributed by atoms with Gasteiger partial charge in [-0.25, -0.2) is 0 Å². The van der Waals surface area contributed by atoms with Crippen LogP contribution in [0.5, 0.6) is 0 Å². The quantitative estimate of drug-likeness (QED) is 0.711. The second-order valence-corrected chi connectivity index (χ2v) is 4.13. The molecule has 0 saturated heterocycles. The van der Waals surface area contributed by atoms with Crippen LogP contribution in [0.3, 0.4) is 0 Å². The van der Waals surface area contributed by atoms with Crippen molar-refractivity contribution >= 4 is 28.3 Å². The van der Waals surface area contributed by atoms with Crippen LogP contribution in [-0.4, -0.2) is 28.5 Å². The van der Waals surface area contributed by atoms with Gasteiger partial charge < -0.3 is 16.2 Å². The zero-order valence-electron chi connectivity index (χ0n) is 10.3. The summed E-state index contributed by atoms with van der Waals surface area (Å²) in [6, 6.07) is 5.28. The monoisotopic (exact) mass is 259 g/mol. The normalized spacial score (nSPS) is 10.4. The van der Waals surface area contributed by atoms with Crippen molar-refractivity contribution in [2.24, 2.45) is 0 Å². The molecule has 98 valence electrons. The van der Waals surface area contributed by atoms with Crippen molar-refractivity contribution in [3.05, 3.63) is 35.7 Å². The third-order valence-electron chi connectivity index (χ3n) is 2.82. The third kappa shape index (κ3) is 2.47. The number of carbonyl (C=O) groups excluding carboxylic acids is 1. The first kappa shape index (κ1) is 12.8. The number of rotatable bonds is 3. The molecule has 1 heterocycles. The number of nitrogen functional groups attached to an aromatic ring is 1. The molecule has 0 spiro atoms. The Morgan fingerprint density at radius 2 is 2.05 bits per heavy atom. The topological polar surface area (TPSA) is 105 Å². The summed E-state index contributed by atoms with van der Waals surface area (Å²) in [6.45, 7) is 1.43. The van der Waals surface area contributed by atoms with Crippen LogP contribution in [0.1, 0.15) is 16.1 Å². The van der Waals surface area contributed by atoms with Crippen molar-refractivity contribution in [2.75, 3.05) is 12.3 Å². The van der Waals surface area contributed by atoms with Gasteiger partial charge >= 0.3 is 5.97 Å². The first-order valence-electron chi connectivity index (χ1n) is 5.64. The van der Waals surface area contributed by atoms with E-state index in [1.807, 2.05) is 6.92 Å². The van der Waals surface area contributed by atoms with E-state index in [4.69, 9.17) is 10.8 Å². The number of carboxylic acid groups (broad SMARTS) is 1. The van der Waals surface area contributed by atoms with Gasteiger partial charge in [0, 0.05) is 22.7 Å². The molecule has 19 heavy (non-hydrogen) atoms. The van der Waals surface area contributed by atoms with E-state index in [0.29, 0.717) is 11.1 Å². The van der Waals surface area contributed by atoms with Gasteiger partial charge in [-0.15, -0.1) is 0 Å². The van der Waals surface area contributed by atoms with E-state index in [1.165, 1.54) is 6.20 Å². The molecule has 0 atom stereocenters. The summed E-state index contributed by atoms with van der Waals surface area (Å²) in [5.74, 6) is -1.64. The van der Waals surface area contributed by atoms with Gasteiger partial charge in [0.25, 0.3) is 5.91 Å². The summed E-state index contributed by atoms with van der Waals surface area (Å²) in [5, 5.41) is 12.2. The first-order valence-corrected chi connectivity index (χ1v) is 5.64. The van der Waals surface area contributed by atoms with Crippen molar-refractivity contribution in [1.82, 2.24) is 10.3 Å². The van der Waals surface area contributed by atoms with E-state index < -0.39 is 18.4 Å². The van der Waals surface area contributed by atoms with Crippen molar-refractivity contribution in [1.29, 1.82) is 0 Å². The van der Waals surface area contributed by atoms with Crippen molar-refractivity contribution in [3.8, 4) is 0 Å². The largest absolute Gasteiger partial charge is 0.480 e. The number of aryl methyl sites for hydroxylation is 1. The van der Waals surface area contributed by atoms with Gasteiger partial charge in [-0.05, 0) is 18.6 Å². The zero-order valence-corrected chi connectivity index (χ0v) is 10.3. The maximum absolute atomic E-state index is 11.9. The average molecular weight is 259 g/mol. The number of nitrogens with one attached hydrogen (secondary N) is 1. The number of benzene rings is 1. The molecule has 0 radical (unpaired) electrons. The molecule has 1 amide bonds. The number of aliphatic carboxylic acids is 1. The fourth-order valence-electron chi connectivity index (χ4n) is 1.81. The second-order valence-electron chi connectivity index (χ2n) is 4.13. The molecule has 1 aromatic carbocycles. The van der Waals surface area contributed by atoms with Gasteiger partial charge in [-0.3, -0.25) is 14.6 Å². The highest BCUT2D eigenvalue weighted by molar-refractivity contribution is 6.08. The molecule has 0 unspecified atom stereocenters. The Hall–Kier alpha value is -2.63. The van der Waals surface area contributed by atoms with Gasteiger partial charge in [0.05, 0.1) is 0 Å². The Bertz CT molecular complexity index is 667. The van der Waals surface area contributed by atoms with Crippen LogP contribution < -0.4 is 11.1 Å². The average Bonchev–Trinajstić information content (AvgIpc) is 2.39. The van der Waals surface area contributed by atoms with E-state index in [1.54, 1.807) is 18.2 Å². The number of amides is 1. The number of hydrogen-bond acceptors (Lipinski definition) is 4. The summed E-state index contributed by atoms with van der Waals surface area (Å²) in [6.07, 6.45) is 1.48. The van der Waals surface area contributed by atoms with Crippen LogP contribution in [0, 0.1) is 6.92 Å². The van der Waals surface area contributed by atoms with Crippen molar-refractivity contribution in [3.63, 3.8) is 0 Å². The Labute approximate surface area is 109 Å².